The normalized spacial score (nSPS) is 14.7. The van der Waals surface area contributed by atoms with Crippen LogP contribution in [0.15, 0.2) is 53.2 Å². The van der Waals surface area contributed by atoms with Crippen LogP contribution in [-0.4, -0.2) is 23.2 Å². The summed E-state index contributed by atoms with van der Waals surface area (Å²) in [6, 6.07) is 13.1. The summed E-state index contributed by atoms with van der Waals surface area (Å²) in [5.74, 6) is 1.82. The Kier molecular flexibility index (Phi) is 3.95. The molecule has 1 aliphatic carbocycles. The third-order valence-corrected chi connectivity index (χ3v) is 4.70. The summed E-state index contributed by atoms with van der Waals surface area (Å²) in [6.45, 7) is 1.96. The van der Waals surface area contributed by atoms with E-state index in [1.807, 2.05) is 49.4 Å². The summed E-state index contributed by atoms with van der Waals surface area (Å²) in [5.41, 5.74) is 1.92. The van der Waals surface area contributed by atoms with E-state index >= 15 is 0 Å². The van der Waals surface area contributed by atoms with Crippen LogP contribution >= 0.6 is 0 Å². The first-order valence-corrected chi connectivity index (χ1v) is 8.46. The van der Waals surface area contributed by atoms with Crippen molar-refractivity contribution >= 4 is 11.7 Å². The quantitative estimate of drug-likeness (QED) is 0.759. The maximum absolute atomic E-state index is 12.8. The zero-order chi connectivity index (χ0) is 18.1. The van der Waals surface area contributed by atoms with Gasteiger partial charge in [-0.25, -0.2) is 4.98 Å². The van der Waals surface area contributed by atoms with E-state index in [4.69, 9.17) is 9.26 Å². The molecule has 0 unspecified atom stereocenters. The second-order valence-corrected chi connectivity index (χ2v) is 6.56. The molecule has 1 aliphatic rings. The lowest BCUT2D eigenvalue weighted by atomic mass is 10.0. The minimum atomic E-state index is -0.633. The zero-order valence-corrected chi connectivity index (χ0v) is 14.7. The highest BCUT2D eigenvalue weighted by Gasteiger charge is 2.54. The molecule has 26 heavy (non-hydrogen) atoms. The van der Waals surface area contributed by atoms with E-state index in [1.54, 1.807) is 13.3 Å². The highest BCUT2D eigenvalue weighted by molar-refractivity contribution is 6.00. The van der Waals surface area contributed by atoms with Gasteiger partial charge in [-0.1, -0.05) is 17.3 Å². The van der Waals surface area contributed by atoms with Gasteiger partial charge in [-0.3, -0.25) is 4.79 Å². The van der Waals surface area contributed by atoms with Crippen LogP contribution in [0.25, 0.3) is 11.3 Å². The second-order valence-electron chi connectivity index (χ2n) is 6.56. The molecular formula is C20H19N3O3. The molecule has 1 N–H and O–H groups in total. The first-order chi connectivity index (χ1) is 12.6. The van der Waals surface area contributed by atoms with Crippen molar-refractivity contribution in [3.05, 3.63) is 59.9 Å². The Morgan fingerprint density at radius 1 is 1.23 bits per heavy atom. The summed E-state index contributed by atoms with van der Waals surface area (Å²) in [4.78, 5) is 17.0. The molecule has 0 saturated heterocycles. The average Bonchev–Trinajstić information content (AvgIpc) is 3.32. The lowest BCUT2D eigenvalue weighted by molar-refractivity contribution is -0.118. The van der Waals surface area contributed by atoms with Crippen LogP contribution in [0.5, 0.6) is 5.75 Å². The largest absolute Gasteiger partial charge is 0.497 e. The van der Waals surface area contributed by atoms with Gasteiger partial charge in [-0.05, 0) is 49.6 Å². The first kappa shape index (κ1) is 16.3. The van der Waals surface area contributed by atoms with Gasteiger partial charge in [0.2, 0.25) is 5.91 Å². The van der Waals surface area contributed by atoms with Crippen molar-refractivity contribution in [3.63, 3.8) is 0 Å². The molecule has 0 bridgehead atoms. The number of nitrogens with one attached hydrogen (secondary N) is 1. The maximum Gasteiger partial charge on any atom is 0.237 e. The number of carbonyl (C=O) groups is 1. The number of aryl methyl sites for hydroxylation is 1. The molecule has 0 radical (unpaired) electrons. The number of carbonyl (C=O) groups excluding carboxylic acids is 1. The minimum Gasteiger partial charge on any atom is -0.497 e. The van der Waals surface area contributed by atoms with Crippen LogP contribution in [0.1, 0.15) is 24.1 Å². The Hall–Kier alpha value is -3.15. The SMILES string of the molecule is COc1cccc(-c2cc(C3(C(=O)Nc4cc(C)ccn4)CC3)no2)c1. The maximum atomic E-state index is 12.8. The van der Waals surface area contributed by atoms with Crippen LogP contribution in [0.3, 0.4) is 0 Å². The Bertz CT molecular complexity index is 960. The molecular weight excluding hydrogens is 330 g/mol. The van der Waals surface area contributed by atoms with Crippen LogP contribution in [0, 0.1) is 6.92 Å². The van der Waals surface area contributed by atoms with Crippen molar-refractivity contribution in [2.45, 2.75) is 25.2 Å². The standard InChI is InChI=1S/C20H19N3O3/c1-13-6-9-21-18(10-13)22-19(24)20(7-8-20)17-12-16(26-23-17)14-4-3-5-15(11-14)25-2/h3-6,9-12H,7-8H2,1-2H3,(H,21,22,24). The van der Waals surface area contributed by atoms with Gasteiger partial charge in [0.1, 0.15) is 11.6 Å². The van der Waals surface area contributed by atoms with Crippen LogP contribution in [0.2, 0.25) is 0 Å². The van der Waals surface area contributed by atoms with Gasteiger partial charge in [-0.2, -0.15) is 0 Å². The molecule has 1 fully saturated rings. The third-order valence-electron chi connectivity index (χ3n) is 4.70. The van der Waals surface area contributed by atoms with Gasteiger partial charge in [0.15, 0.2) is 5.76 Å². The predicted molar refractivity (Wildman–Crippen MR) is 97.0 cm³/mol. The Labute approximate surface area is 151 Å². The fraction of sp³-hybridized carbons (Fsp3) is 0.250. The molecule has 1 amide bonds. The number of benzene rings is 1. The summed E-state index contributed by atoms with van der Waals surface area (Å²) in [5, 5.41) is 7.07. The Morgan fingerprint density at radius 3 is 2.81 bits per heavy atom. The number of pyridine rings is 1. The molecule has 4 rings (SSSR count). The van der Waals surface area contributed by atoms with E-state index in [9.17, 15) is 4.79 Å². The highest BCUT2D eigenvalue weighted by atomic mass is 16.5. The van der Waals surface area contributed by atoms with Gasteiger partial charge >= 0.3 is 0 Å². The van der Waals surface area contributed by atoms with Gasteiger partial charge < -0.3 is 14.6 Å². The summed E-state index contributed by atoms with van der Waals surface area (Å²) >= 11 is 0. The van der Waals surface area contributed by atoms with Gasteiger partial charge in [0.05, 0.1) is 18.2 Å². The first-order valence-electron chi connectivity index (χ1n) is 8.46. The Balaban J connectivity index is 1.57. The molecule has 0 aliphatic heterocycles. The van der Waals surface area contributed by atoms with E-state index < -0.39 is 5.41 Å². The van der Waals surface area contributed by atoms with Crippen LogP contribution < -0.4 is 10.1 Å². The van der Waals surface area contributed by atoms with E-state index in [0.29, 0.717) is 17.3 Å². The molecule has 2 heterocycles. The molecule has 0 spiro atoms. The number of nitrogens with zero attached hydrogens (tertiary/aromatic N) is 2. The number of methoxy groups -OCH3 is 1. The molecule has 132 valence electrons. The topological polar surface area (TPSA) is 77.2 Å². The van der Waals surface area contributed by atoms with E-state index in [0.717, 1.165) is 29.7 Å². The lowest BCUT2D eigenvalue weighted by Crippen LogP contribution is -2.28. The minimum absolute atomic E-state index is 0.0962. The number of amides is 1. The van der Waals surface area contributed by atoms with Gasteiger partial charge in [-0.15, -0.1) is 0 Å². The van der Waals surface area contributed by atoms with Crippen LogP contribution in [0.4, 0.5) is 5.82 Å². The van der Waals surface area contributed by atoms with Crippen molar-refractivity contribution in [1.29, 1.82) is 0 Å². The number of hydrogen-bond donors (Lipinski definition) is 1. The number of hydrogen-bond acceptors (Lipinski definition) is 5. The molecule has 1 aromatic carbocycles. The van der Waals surface area contributed by atoms with Gasteiger partial charge in [0.25, 0.3) is 0 Å². The second kappa shape index (κ2) is 6.29. The van der Waals surface area contributed by atoms with Crippen molar-refractivity contribution in [2.24, 2.45) is 0 Å². The Morgan fingerprint density at radius 2 is 2.08 bits per heavy atom. The third kappa shape index (κ3) is 2.94. The number of anilines is 1. The van der Waals surface area contributed by atoms with E-state index in [1.165, 1.54) is 0 Å². The van der Waals surface area contributed by atoms with E-state index in [-0.39, 0.29) is 5.91 Å². The summed E-state index contributed by atoms with van der Waals surface area (Å²) < 4.78 is 10.7. The molecule has 6 nitrogen and oxygen atoms in total. The van der Waals surface area contributed by atoms with Crippen molar-refractivity contribution in [2.75, 3.05) is 12.4 Å². The van der Waals surface area contributed by atoms with Gasteiger partial charge in [0, 0.05) is 17.8 Å². The molecule has 6 heteroatoms. The lowest BCUT2D eigenvalue weighted by Gasteiger charge is -2.12. The number of ether oxygens (including phenoxy) is 1. The predicted octanol–water partition coefficient (Wildman–Crippen LogP) is 3.72. The van der Waals surface area contributed by atoms with Crippen molar-refractivity contribution in [3.8, 4) is 17.1 Å². The van der Waals surface area contributed by atoms with E-state index in [2.05, 4.69) is 15.5 Å². The zero-order valence-electron chi connectivity index (χ0n) is 14.7. The summed E-state index contributed by atoms with van der Waals surface area (Å²) in [7, 11) is 1.62. The number of rotatable bonds is 5. The smallest absolute Gasteiger partial charge is 0.237 e. The summed E-state index contributed by atoms with van der Waals surface area (Å²) in [6.07, 6.45) is 3.17. The molecule has 3 aromatic rings. The fourth-order valence-corrected chi connectivity index (χ4v) is 2.98. The average molecular weight is 349 g/mol. The highest BCUT2D eigenvalue weighted by Crippen LogP contribution is 2.49. The van der Waals surface area contributed by atoms with Crippen LogP contribution in [-0.2, 0) is 10.2 Å². The molecule has 0 atom stereocenters. The van der Waals surface area contributed by atoms with Crippen molar-refractivity contribution < 1.29 is 14.1 Å². The monoisotopic (exact) mass is 349 g/mol. The molecule has 1 saturated carbocycles. The van der Waals surface area contributed by atoms with Crippen molar-refractivity contribution in [1.82, 2.24) is 10.1 Å². The fourth-order valence-electron chi connectivity index (χ4n) is 2.98. The number of aromatic nitrogens is 2. The molecule has 2 aromatic heterocycles.